The van der Waals surface area contributed by atoms with Crippen LogP contribution < -0.4 is 15.4 Å². The first-order chi connectivity index (χ1) is 15.1. The molecule has 1 fully saturated rings. The smallest absolute Gasteiger partial charge is 0.257 e. The van der Waals surface area contributed by atoms with Gasteiger partial charge in [-0.3, -0.25) is 20.2 Å². The predicted molar refractivity (Wildman–Crippen MR) is 121 cm³/mol. The fourth-order valence-corrected chi connectivity index (χ4v) is 4.18. The number of carbonyl (C=O) groups excluding carboxylic acids is 2. The molecule has 5 nitrogen and oxygen atoms in total. The Labute approximate surface area is 186 Å². The van der Waals surface area contributed by atoms with Crippen molar-refractivity contribution in [2.45, 2.75) is 24.9 Å². The normalized spacial score (nSPS) is 17.9. The molecule has 2 N–H and O–H groups in total. The van der Waals surface area contributed by atoms with Gasteiger partial charge in [-0.2, -0.15) is 0 Å². The number of ether oxygens (including phenoxy) is 1. The Morgan fingerprint density at radius 3 is 2.42 bits per heavy atom. The van der Waals surface area contributed by atoms with Crippen LogP contribution in [-0.4, -0.2) is 25.0 Å². The summed E-state index contributed by atoms with van der Waals surface area (Å²) in [6.45, 7) is 0. The molecule has 1 saturated heterocycles. The maximum absolute atomic E-state index is 12.6. The molecule has 1 aliphatic heterocycles. The van der Waals surface area contributed by atoms with Crippen LogP contribution in [-0.2, 0) is 4.79 Å². The summed E-state index contributed by atoms with van der Waals surface area (Å²) in [5, 5.41) is 6.47. The Hall–Kier alpha value is -3.15. The molecule has 2 atom stereocenters. The average molecular weight is 435 g/mol. The van der Waals surface area contributed by atoms with E-state index in [2.05, 4.69) is 10.6 Å². The molecule has 3 aromatic carbocycles. The summed E-state index contributed by atoms with van der Waals surface area (Å²) >= 11 is 6.27. The van der Waals surface area contributed by atoms with E-state index in [-0.39, 0.29) is 11.9 Å². The Balaban J connectivity index is 1.39. The molecule has 0 unspecified atom stereocenters. The van der Waals surface area contributed by atoms with E-state index in [0.29, 0.717) is 17.0 Å². The van der Waals surface area contributed by atoms with E-state index < -0.39 is 11.9 Å². The van der Waals surface area contributed by atoms with Crippen LogP contribution in [0.5, 0.6) is 5.75 Å². The van der Waals surface area contributed by atoms with Crippen molar-refractivity contribution in [3.05, 3.63) is 88.9 Å². The van der Waals surface area contributed by atoms with Crippen molar-refractivity contribution in [1.29, 1.82) is 0 Å². The summed E-state index contributed by atoms with van der Waals surface area (Å²) in [7, 11) is 1.62. The number of rotatable bonds is 5. The minimum atomic E-state index is -0.432. The van der Waals surface area contributed by atoms with Crippen LogP contribution in [0.1, 0.15) is 34.8 Å². The van der Waals surface area contributed by atoms with Gasteiger partial charge in [-0.25, -0.2) is 0 Å². The maximum Gasteiger partial charge on any atom is 0.257 e. The molecule has 1 aliphatic rings. The molecule has 0 radical (unpaired) electrons. The van der Waals surface area contributed by atoms with Gasteiger partial charge in [0, 0.05) is 22.2 Å². The number of hydrogen-bond donors (Lipinski definition) is 2. The molecule has 0 saturated carbocycles. The highest BCUT2D eigenvalue weighted by molar-refractivity contribution is 6.31. The highest BCUT2D eigenvalue weighted by Crippen LogP contribution is 2.31. The number of imide groups is 1. The first kappa shape index (κ1) is 21.1. The van der Waals surface area contributed by atoms with Crippen LogP contribution in [0.4, 0.5) is 0 Å². The predicted octanol–water partition coefficient (Wildman–Crippen LogP) is 4.77. The SMILES string of the molecule is COc1ccccc1-c1ccc(C(=O)NC(=O)[C@@H]2CC[C@H](c3ccccc3Cl)N2)cc1. The van der Waals surface area contributed by atoms with Gasteiger partial charge >= 0.3 is 0 Å². The molecule has 0 aliphatic carbocycles. The van der Waals surface area contributed by atoms with Crippen molar-refractivity contribution >= 4 is 23.4 Å². The van der Waals surface area contributed by atoms with Gasteiger partial charge in [-0.15, -0.1) is 0 Å². The third-order valence-corrected chi connectivity index (χ3v) is 5.89. The standard InChI is InChI=1S/C25H23ClN2O3/c1-31-23-9-5-3-6-18(23)16-10-12-17(13-11-16)24(29)28-25(30)22-15-14-21(27-22)19-7-2-4-8-20(19)26/h2-13,21-22,27H,14-15H2,1H3,(H,28,29,30)/t21-,22+/m1/s1. The largest absolute Gasteiger partial charge is 0.496 e. The fraction of sp³-hybridized carbons (Fsp3) is 0.200. The van der Waals surface area contributed by atoms with Gasteiger partial charge < -0.3 is 4.74 Å². The molecule has 4 rings (SSSR count). The van der Waals surface area contributed by atoms with E-state index in [1.807, 2.05) is 60.7 Å². The van der Waals surface area contributed by atoms with Gasteiger partial charge in [0.1, 0.15) is 5.75 Å². The van der Waals surface area contributed by atoms with Gasteiger partial charge in [0.15, 0.2) is 0 Å². The van der Waals surface area contributed by atoms with Crippen LogP contribution in [0.2, 0.25) is 5.02 Å². The second kappa shape index (κ2) is 9.33. The monoisotopic (exact) mass is 434 g/mol. The molecular formula is C25H23ClN2O3. The van der Waals surface area contributed by atoms with Gasteiger partial charge in [0.25, 0.3) is 5.91 Å². The summed E-state index contributed by atoms with van der Waals surface area (Å²) < 4.78 is 5.40. The van der Waals surface area contributed by atoms with Crippen molar-refractivity contribution < 1.29 is 14.3 Å². The van der Waals surface area contributed by atoms with Crippen LogP contribution in [0, 0.1) is 0 Å². The van der Waals surface area contributed by atoms with Crippen LogP contribution in [0.15, 0.2) is 72.8 Å². The summed E-state index contributed by atoms with van der Waals surface area (Å²) in [4.78, 5) is 25.2. The zero-order chi connectivity index (χ0) is 21.8. The van der Waals surface area contributed by atoms with Crippen molar-refractivity contribution in [3.8, 4) is 16.9 Å². The van der Waals surface area contributed by atoms with E-state index >= 15 is 0 Å². The molecule has 1 heterocycles. The quantitative estimate of drug-likeness (QED) is 0.568. The summed E-state index contributed by atoms with van der Waals surface area (Å²) in [6.07, 6.45) is 1.42. The zero-order valence-electron chi connectivity index (χ0n) is 17.1. The lowest BCUT2D eigenvalue weighted by Crippen LogP contribution is -2.43. The van der Waals surface area contributed by atoms with Crippen LogP contribution in [0.3, 0.4) is 0 Å². The van der Waals surface area contributed by atoms with E-state index in [1.165, 1.54) is 0 Å². The second-order valence-corrected chi connectivity index (χ2v) is 7.87. The highest BCUT2D eigenvalue weighted by Gasteiger charge is 2.31. The molecule has 0 bridgehead atoms. The Morgan fingerprint density at radius 1 is 0.968 bits per heavy atom. The lowest BCUT2D eigenvalue weighted by Gasteiger charge is -2.15. The summed E-state index contributed by atoms with van der Waals surface area (Å²) in [5.74, 6) is 0.0168. The highest BCUT2D eigenvalue weighted by atomic mass is 35.5. The number of benzene rings is 3. The van der Waals surface area contributed by atoms with Gasteiger partial charge in [-0.1, -0.05) is 60.1 Å². The molecule has 158 valence electrons. The van der Waals surface area contributed by atoms with Gasteiger partial charge in [0.05, 0.1) is 13.2 Å². The zero-order valence-corrected chi connectivity index (χ0v) is 17.9. The third kappa shape index (κ3) is 4.63. The molecular weight excluding hydrogens is 412 g/mol. The van der Waals surface area contributed by atoms with Crippen molar-refractivity contribution in [1.82, 2.24) is 10.6 Å². The molecule has 0 spiro atoms. The molecule has 0 aromatic heterocycles. The fourth-order valence-electron chi connectivity index (χ4n) is 3.91. The number of methoxy groups -OCH3 is 1. The minimum Gasteiger partial charge on any atom is -0.496 e. The number of para-hydroxylation sites is 1. The number of amides is 2. The number of halogens is 1. The van der Waals surface area contributed by atoms with Gasteiger partial charge in [0.2, 0.25) is 5.91 Å². The van der Waals surface area contributed by atoms with Crippen LogP contribution in [0.25, 0.3) is 11.1 Å². The lowest BCUT2D eigenvalue weighted by atomic mass is 10.0. The summed E-state index contributed by atoms with van der Waals surface area (Å²) in [6, 6.07) is 22.0. The third-order valence-electron chi connectivity index (χ3n) is 5.55. The first-order valence-electron chi connectivity index (χ1n) is 10.2. The Kier molecular flexibility index (Phi) is 6.35. The molecule has 3 aromatic rings. The minimum absolute atomic E-state index is 0.000289. The number of carbonyl (C=O) groups is 2. The molecule has 31 heavy (non-hydrogen) atoms. The van der Waals surface area contributed by atoms with Crippen molar-refractivity contribution in [3.63, 3.8) is 0 Å². The topological polar surface area (TPSA) is 67.4 Å². The number of hydrogen-bond acceptors (Lipinski definition) is 4. The van der Waals surface area contributed by atoms with E-state index in [0.717, 1.165) is 28.9 Å². The van der Waals surface area contributed by atoms with Crippen molar-refractivity contribution in [2.24, 2.45) is 0 Å². The number of nitrogens with one attached hydrogen (secondary N) is 2. The average Bonchev–Trinajstić information content (AvgIpc) is 3.29. The van der Waals surface area contributed by atoms with Crippen LogP contribution >= 0.6 is 11.6 Å². The lowest BCUT2D eigenvalue weighted by molar-refractivity contribution is -0.121. The van der Waals surface area contributed by atoms with E-state index in [1.54, 1.807) is 19.2 Å². The Morgan fingerprint density at radius 2 is 1.68 bits per heavy atom. The first-order valence-corrected chi connectivity index (χ1v) is 10.5. The van der Waals surface area contributed by atoms with Crippen molar-refractivity contribution in [2.75, 3.05) is 7.11 Å². The Bertz CT molecular complexity index is 1100. The van der Waals surface area contributed by atoms with Gasteiger partial charge in [-0.05, 0) is 48.2 Å². The second-order valence-electron chi connectivity index (χ2n) is 7.47. The van der Waals surface area contributed by atoms with E-state index in [9.17, 15) is 9.59 Å². The van der Waals surface area contributed by atoms with E-state index in [4.69, 9.17) is 16.3 Å². The molecule has 2 amide bonds. The summed E-state index contributed by atoms with van der Waals surface area (Å²) in [5.41, 5.74) is 3.26. The maximum atomic E-state index is 12.6. The molecule has 6 heteroatoms.